The molecule has 0 amide bonds. The number of primary sulfonamides is 1. The molecule has 1 heterocycles. The van der Waals surface area contributed by atoms with Gasteiger partial charge < -0.3 is 9.73 Å². The zero-order valence-electron chi connectivity index (χ0n) is 23.9. The molecule has 0 radical (unpaired) electrons. The summed E-state index contributed by atoms with van der Waals surface area (Å²) in [5, 5.41) is 10.9. The fourth-order valence-electron chi connectivity index (χ4n) is 5.57. The predicted molar refractivity (Wildman–Crippen MR) is 169 cm³/mol. The number of aryl methyl sites for hydroxylation is 4. The molecule has 0 bridgehead atoms. The van der Waals surface area contributed by atoms with E-state index in [4.69, 9.17) is 9.56 Å². The first-order valence-electron chi connectivity index (χ1n) is 13.7. The predicted octanol–water partition coefficient (Wildman–Crippen LogP) is 6.14. The number of fused-ring (bicyclic) bond motifs is 2. The van der Waals surface area contributed by atoms with Crippen molar-refractivity contribution in [2.24, 2.45) is 5.14 Å². The van der Waals surface area contributed by atoms with Crippen LogP contribution in [-0.2, 0) is 10.0 Å². The van der Waals surface area contributed by atoms with Crippen LogP contribution in [0.25, 0.3) is 33.4 Å². The summed E-state index contributed by atoms with van der Waals surface area (Å²) in [6.45, 7) is 8.28. The second-order valence-electron chi connectivity index (χ2n) is 10.7. The summed E-state index contributed by atoms with van der Waals surface area (Å²) >= 11 is 0. The third-order valence-electron chi connectivity index (χ3n) is 7.69. The Morgan fingerprint density at radius 2 is 1.38 bits per heavy atom. The normalized spacial score (nSPS) is 12.3. The van der Waals surface area contributed by atoms with Crippen molar-refractivity contribution in [1.82, 2.24) is 0 Å². The molecule has 0 spiro atoms. The minimum atomic E-state index is -3.99. The van der Waals surface area contributed by atoms with Crippen LogP contribution in [0.1, 0.15) is 22.3 Å². The van der Waals surface area contributed by atoms with Gasteiger partial charge in [0.05, 0.1) is 11.0 Å². The van der Waals surface area contributed by atoms with Gasteiger partial charge in [0, 0.05) is 56.7 Å². The van der Waals surface area contributed by atoms with Crippen LogP contribution >= 0.6 is 0 Å². The third kappa shape index (κ3) is 5.09. The fraction of sp³-hybridized carbons (Fsp3) is 0.114. The van der Waals surface area contributed by atoms with Crippen LogP contribution in [0.4, 0.5) is 17.1 Å². The topological polar surface area (TPSA) is 99.3 Å². The smallest absolute Gasteiger partial charge is 0.238 e. The quantitative estimate of drug-likeness (QED) is 0.215. The van der Waals surface area contributed by atoms with Crippen molar-refractivity contribution in [3.05, 3.63) is 125 Å². The van der Waals surface area contributed by atoms with Gasteiger partial charge >= 0.3 is 0 Å². The molecule has 42 heavy (non-hydrogen) atoms. The lowest BCUT2D eigenvalue weighted by Gasteiger charge is -2.18. The summed E-state index contributed by atoms with van der Waals surface area (Å²) in [7, 11) is -3.99. The van der Waals surface area contributed by atoms with Crippen LogP contribution < -0.4 is 20.8 Å². The van der Waals surface area contributed by atoms with E-state index in [1.165, 1.54) is 0 Å². The van der Waals surface area contributed by atoms with Crippen LogP contribution in [-0.4, -0.2) is 8.42 Å². The summed E-state index contributed by atoms with van der Waals surface area (Å²) in [6.07, 6.45) is 0. The summed E-state index contributed by atoms with van der Waals surface area (Å²) in [6, 6.07) is 31.0. The van der Waals surface area contributed by atoms with E-state index in [0.717, 1.165) is 61.2 Å². The lowest BCUT2D eigenvalue weighted by atomic mass is 9.93. The van der Waals surface area contributed by atoms with Crippen molar-refractivity contribution in [2.45, 2.75) is 32.6 Å². The Morgan fingerprint density at radius 1 is 0.714 bits per heavy atom. The highest BCUT2D eigenvalue weighted by Gasteiger charge is 2.23. The zero-order valence-corrected chi connectivity index (χ0v) is 24.8. The van der Waals surface area contributed by atoms with Gasteiger partial charge in [-0.05, 0) is 63.1 Å². The van der Waals surface area contributed by atoms with Crippen LogP contribution in [0.2, 0.25) is 0 Å². The first-order valence-corrected chi connectivity index (χ1v) is 15.3. The first kappa shape index (κ1) is 27.4. The molecule has 4 aromatic rings. The molecule has 4 N–H and O–H groups in total. The standard InChI is InChI=1S/C35H31N3O3S/c1-21-9-7-10-22(2)34(21)37-25-15-17-27-30(19-25)41-31-20-26(38-35-23(3)11-8-12-24(35)4)16-18-28(31)33(27)29-13-5-6-14-32(29)42(36,39)40/h5-20,37H,1-4H3,(H2,36,39,40)/p+1. The monoisotopic (exact) mass is 574 g/mol. The zero-order chi connectivity index (χ0) is 29.6. The van der Waals surface area contributed by atoms with E-state index in [2.05, 4.69) is 62.3 Å². The number of hydrogen-bond donors (Lipinski definition) is 3. The second kappa shape index (κ2) is 10.6. The van der Waals surface area contributed by atoms with Gasteiger partial charge in [0.1, 0.15) is 11.3 Å². The lowest BCUT2D eigenvalue weighted by Crippen LogP contribution is -2.71. The van der Waals surface area contributed by atoms with Gasteiger partial charge in [-0.3, -0.25) is 0 Å². The molecule has 1 aliphatic heterocycles. The van der Waals surface area contributed by atoms with E-state index in [1.807, 2.05) is 54.6 Å². The molecular weight excluding hydrogens is 542 g/mol. The van der Waals surface area contributed by atoms with Crippen molar-refractivity contribution in [1.29, 1.82) is 0 Å². The van der Waals surface area contributed by atoms with Gasteiger partial charge in [-0.25, -0.2) is 18.5 Å². The molecule has 2 aliphatic rings. The SMILES string of the molecule is Cc1cccc(C)c1Nc1ccc2c(-c3ccccc3S(N)(=O)=O)c3ccc(=[NH+]c4c(C)cccc4C)cc-3oc2c1. The van der Waals surface area contributed by atoms with E-state index in [9.17, 15) is 8.42 Å². The highest BCUT2D eigenvalue weighted by Crippen LogP contribution is 2.42. The van der Waals surface area contributed by atoms with Crippen molar-refractivity contribution in [2.75, 3.05) is 5.32 Å². The van der Waals surface area contributed by atoms with Gasteiger partial charge in [0.2, 0.25) is 21.1 Å². The highest BCUT2D eigenvalue weighted by molar-refractivity contribution is 7.89. The summed E-state index contributed by atoms with van der Waals surface area (Å²) in [4.78, 5) is 3.61. The Labute approximate surface area is 245 Å². The molecule has 1 aliphatic carbocycles. The maximum Gasteiger partial charge on any atom is 0.238 e. The van der Waals surface area contributed by atoms with Crippen LogP contribution in [0.3, 0.4) is 0 Å². The average molecular weight is 575 g/mol. The number of benzene rings is 5. The molecule has 0 aromatic heterocycles. The number of hydrogen-bond acceptors (Lipinski definition) is 4. The van der Waals surface area contributed by atoms with Crippen LogP contribution in [0, 0.1) is 27.7 Å². The molecule has 0 fully saturated rings. The highest BCUT2D eigenvalue weighted by atomic mass is 32.2. The number of rotatable bonds is 5. The molecule has 0 saturated heterocycles. The summed E-state index contributed by atoms with van der Waals surface area (Å²) in [5.74, 6) is 0.613. The maximum atomic E-state index is 12.7. The number of nitrogens with two attached hydrogens (primary N) is 1. The van der Waals surface area contributed by atoms with E-state index < -0.39 is 10.0 Å². The molecule has 4 aromatic carbocycles. The van der Waals surface area contributed by atoms with Gasteiger partial charge in [-0.2, -0.15) is 0 Å². The molecule has 0 saturated carbocycles. The number of anilines is 2. The lowest BCUT2D eigenvalue weighted by molar-refractivity contribution is -0.403. The van der Waals surface area contributed by atoms with Crippen LogP contribution in [0.5, 0.6) is 0 Å². The van der Waals surface area contributed by atoms with Crippen molar-refractivity contribution in [3.63, 3.8) is 0 Å². The molecule has 7 heteroatoms. The van der Waals surface area contributed by atoms with Gasteiger partial charge in [-0.15, -0.1) is 0 Å². The number of para-hydroxylation sites is 2. The molecule has 210 valence electrons. The molecule has 6 rings (SSSR count). The minimum absolute atomic E-state index is 0.0641. The van der Waals surface area contributed by atoms with Crippen molar-refractivity contribution < 1.29 is 17.8 Å². The van der Waals surface area contributed by atoms with E-state index >= 15 is 0 Å². The largest absolute Gasteiger partial charge is 0.456 e. The third-order valence-corrected chi connectivity index (χ3v) is 8.65. The Morgan fingerprint density at radius 3 is 2.07 bits per heavy atom. The van der Waals surface area contributed by atoms with E-state index in [1.54, 1.807) is 18.2 Å². The number of sulfonamides is 1. The van der Waals surface area contributed by atoms with Crippen molar-refractivity contribution >= 4 is 38.1 Å². The van der Waals surface area contributed by atoms with Gasteiger partial charge in [-0.1, -0.05) is 54.6 Å². The van der Waals surface area contributed by atoms with Gasteiger partial charge in [0.25, 0.3) is 0 Å². The molecular formula is C35H32N3O3S+. The Balaban J connectivity index is 1.64. The Bertz CT molecular complexity index is 2110. The Kier molecular flexibility index (Phi) is 6.93. The first-order chi connectivity index (χ1) is 20.1. The second-order valence-corrected chi connectivity index (χ2v) is 12.3. The van der Waals surface area contributed by atoms with E-state index in [-0.39, 0.29) is 4.90 Å². The fourth-order valence-corrected chi connectivity index (χ4v) is 6.31. The van der Waals surface area contributed by atoms with Gasteiger partial charge in [0.15, 0.2) is 0 Å². The average Bonchev–Trinajstić information content (AvgIpc) is 2.95. The van der Waals surface area contributed by atoms with Crippen LogP contribution in [0.15, 0.2) is 106 Å². The molecule has 6 nitrogen and oxygen atoms in total. The minimum Gasteiger partial charge on any atom is -0.456 e. The summed E-state index contributed by atoms with van der Waals surface area (Å²) in [5.41, 5.74) is 10.1. The Hall–Kier alpha value is -4.72. The van der Waals surface area contributed by atoms with Crippen molar-refractivity contribution in [3.8, 4) is 22.5 Å². The summed E-state index contributed by atoms with van der Waals surface area (Å²) < 4.78 is 31.9. The number of nitrogens with one attached hydrogen (secondary N) is 2. The molecule has 0 atom stereocenters. The maximum absolute atomic E-state index is 12.7. The molecule has 0 unspecified atom stereocenters. The van der Waals surface area contributed by atoms with E-state index in [0.29, 0.717) is 16.9 Å².